The molecule has 6 nitrogen and oxygen atoms in total. The van der Waals surface area contributed by atoms with Gasteiger partial charge >= 0.3 is 0 Å². The van der Waals surface area contributed by atoms with Crippen molar-refractivity contribution in [1.82, 2.24) is 15.6 Å². The molecule has 1 aromatic rings. The highest BCUT2D eigenvalue weighted by Crippen LogP contribution is 2.10. The molecule has 1 aromatic carbocycles. The summed E-state index contributed by atoms with van der Waals surface area (Å²) in [4.78, 5) is 25.2. The van der Waals surface area contributed by atoms with Crippen LogP contribution in [0.1, 0.15) is 29.8 Å². The highest BCUT2D eigenvalue weighted by molar-refractivity contribution is 5.95. The molecule has 0 aromatic heterocycles. The molecule has 2 amide bonds. The summed E-state index contributed by atoms with van der Waals surface area (Å²) in [5.41, 5.74) is 3.47. The maximum atomic E-state index is 11.7. The number of carbonyl (C=O) groups excluding carboxylic acids is 2. The van der Waals surface area contributed by atoms with Gasteiger partial charge in [0.1, 0.15) is 0 Å². The van der Waals surface area contributed by atoms with Crippen LogP contribution in [-0.4, -0.2) is 36.3 Å². The van der Waals surface area contributed by atoms with E-state index in [2.05, 4.69) is 10.7 Å². The minimum Gasteiger partial charge on any atom is -0.353 e. The zero-order valence-electron chi connectivity index (χ0n) is 12.1. The van der Waals surface area contributed by atoms with Crippen LogP contribution in [0.15, 0.2) is 24.3 Å². The zero-order valence-corrected chi connectivity index (χ0v) is 12.1. The first-order chi connectivity index (χ1) is 9.43. The number of hydrazine groups is 1. The van der Waals surface area contributed by atoms with Crippen LogP contribution in [0.5, 0.6) is 0 Å². The van der Waals surface area contributed by atoms with Crippen molar-refractivity contribution < 1.29 is 9.59 Å². The summed E-state index contributed by atoms with van der Waals surface area (Å²) in [6, 6.07) is 7.30. The summed E-state index contributed by atoms with van der Waals surface area (Å²) in [6.45, 7) is 4.60. The third-order valence-corrected chi connectivity index (χ3v) is 2.70. The molecule has 0 aliphatic carbocycles. The molecule has 0 atom stereocenters. The standard InChI is InChI=1S/C14H22N4O2/c1-10(2)16-13(19)9-18(3)8-11-6-4-5-7-12(11)14(20)17-15/h4-7,10H,8-9,15H2,1-3H3,(H,16,19)(H,17,20). The van der Waals surface area contributed by atoms with Crippen molar-refractivity contribution in [3.63, 3.8) is 0 Å². The van der Waals surface area contributed by atoms with Gasteiger partial charge in [-0.15, -0.1) is 0 Å². The average molecular weight is 278 g/mol. The van der Waals surface area contributed by atoms with Gasteiger partial charge in [0.25, 0.3) is 5.91 Å². The number of nitrogen functional groups attached to an aromatic ring is 1. The van der Waals surface area contributed by atoms with Crippen molar-refractivity contribution in [1.29, 1.82) is 0 Å². The first-order valence-corrected chi connectivity index (χ1v) is 6.50. The Bertz CT molecular complexity index is 474. The Kier molecular flexibility index (Phi) is 6.14. The van der Waals surface area contributed by atoms with Crippen LogP contribution in [-0.2, 0) is 11.3 Å². The number of amides is 2. The molecular formula is C14H22N4O2. The summed E-state index contributed by atoms with van der Waals surface area (Å²) in [5.74, 6) is 4.79. The summed E-state index contributed by atoms with van der Waals surface area (Å²) in [6.07, 6.45) is 0. The van der Waals surface area contributed by atoms with E-state index in [0.717, 1.165) is 5.56 Å². The van der Waals surface area contributed by atoms with Crippen molar-refractivity contribution >= 4 is 11.8 Å². The van der Waals surface area contributed by atoms with Crippen molar-refractivity contribution in [2.24, 2.45) is 5.84 Å². The highest BCUT2D eigenvalue weighted by Gasteiger charge is 2.13. The van der Waals surface area contributed by atoms with Crippen LogP contribution >= 0.6 is 0 Å². The van der Waals surface area contributed by atoms with E-state index in [4.69, 9.17) is 5.84 Å². The van der Waals surface area contributed by atoms with E-state index >= 15 is 0 Å². The number of nitrogens with one attached hydrogen (secondary N) is 2. The molecule has 0 bridgehead atoms. The summed E-state index contributed by atoms with van der Waals surface area (Å²) < 4.78 is 0. The van der Waals surface area contributed by atoms with Crippen LogP contribution in [0, 0.1) is 0 Å². The molecule has 110 valence electrons. The van der Waals surface area contributed by atoms with E-state index in [0.29, 0.717) is 12.1 Å². The topological polar surface area (TPSA) is 87.5 Å². The Morgan fingerprint density at radius 3 is 2.55 bits per heavy atom. The van der Waals surface area contributed by atoms with E-state index in [1.54, 1.807) is 12.1 Å². The molecule has 0 spiro atoms. The highest BCUT2D eigenvalue weighted by atomic mass is 16.2. The number of hydrogen-bond donors (Lipinski definition) is 3. The van der Waals surface area contributed by atoms with E-state index in [1.165, 1.54) is 0 Å². The number of nitrogens with zero attached hydrogens (tertiary/aromatic N) is 1. The molecule has 4 N–H and O–H groups in total. The van der Waals surface area contributed by atoms with E-state index in [-0.39, 0.29) is 24.4 Å². The van der Waals surface area contributed by atoms with Crippen molar-refractivity contribution in [2.75, 3.05) is 13.6 Å². The molecule has 20 heavy (non-hydrogen) atoms. The fourth-order valence-corrected chi connectivity index (χ4v) is 1.92. The predicted octanol–water partition coefficient (Wildman–Crippen LogP) is 0.247. The quantitative estimate of drug-likeness (QED) is 0.395. The predicted molar refractivity (Wildman–Crippen MR) is 77.7 cm³/mol. The van der Waals surface area contributed by atoms with Gasteiger partial charge in [0.2, 0.25) is 5.91 Å². The van der Waals surface area contributed by atoms with E-state index in [1.807, 2.05) is 37.9 Å². The van der Waals surface area contributed by atoms with Gasteiger partial charge in [-0.05, 0) is 32.5 Å². The smallest absolute Gasteiger partial charge is 0.265 e. The fourth-order valence-electron chi connectivity index (χ4n) is 1.92. The third kappa shape index (κ3) is 4.99. The molecule has 0 saturated heterocycles. The van der Waals surface area contributed by atoms with E-state index < -0.39 is 0 Å². The number of carbonyl (C=O) groups is 2. The summed E-state index contributed by atoms with van der Waals surface area (Å²) in [7, 11) is 1.83. The van der Waals surface area contributed by atoms with Gasteiger partial charge < -0.3 is 5.32 Å². The van der Waals surface area contributed by atoms with Crippen LogP contribution < -0.4 is 16.6 Å². The summed E-state index contributed by atoms with van der Waals surface area (Å²) >= 11 is 0. The minimum absolute atomic E-state index is 0.0387. The minimum atomic E-state index is -0.333. The normalized spacial score (nSPS) is 10.7. The number of rotatable bonds is 6. The maximum absolute atomic E-state index is 11.7. The summed E-state index contributed by atoms with van der Waals surface area (Å²) in [5, 5.41) is 2.83. The lowest BCUT2D eigenvalue weighted by Crippen LogP contribution is -2.38. The Morgan fingerprint density at radius 2 is 1.95 bits per heavy atom. The molecule has 0 unspecified atom stereocenters. The Hall–Kier alpha value is -1.92. The van der Waals surface area contributed by atoms with Crippen molar-refractivity contribution in [3.05, 3.63) is 35.4 Å². The molecule has 0 saturated carbocycles. The number of nitrogens with two attached hydrogens (primary N) is 1. The Morgan fingerprint density at radius 1 is 1.30 bits per heavy atom. The zero-order chi connectivity index (χ0) is 15.1. The lowest BCUT2D eigenvalue weighted by molar-refractivity contribution is -0.122. The van der Waals surface area contributed by atoms with Gasteiger partial charge in [-0.2, -0.15) is 0 Å². The largest absolute Gasteiger partial charge is 0.353 e. The van der Waals surface area contributed by atoms with Gasteiger partial charge in [0, 0.05) is 18.2 Å². The molecular weight excluding hydrogens is 256 g/mol. The second-order valence-corrected chi connectivity index (χ2v) is 5.03. The monoisotopic (exact) mass is 278 g/mol. The molecule has 0 aliphatic heterocycles. The fraction of sp³-hybridized carbons (Fsp3) is 0.429. The SMILES string of the molecule is CC(C)NC(=O)CN(C)Cc1ccccc1C(=O)NN. The third-order valence-electron chi connectivity index (χ3n) is 2.70. The lowest BCUT2D eigenvalue weighted by atomic mass is 10.1. The van der Waals surface area contributed by atoms with Crippen LogP contribution in [0.4, 0.5) is 0 Å². The molecule has 0 fully saturated rings. The van der Waals surface area contributed by atoms with E-state index in [9.17, 15) is 9.59 Å². The molecule has 0 heterocycles. The van der Waals surface area contributed by atoms with Gasteiger partial charge in [-0.3, -0.25) is 19.9 Å². The van der Waals surface area contributed by atoms with Crippen molar-refractivity contribution in [2.45, 2.75) is 26.4 Å². The number of likely N-dealkylation sites (N-methyl/N-ethyl adjacent to an activating group) is 1. The second-order valence-electron chi connectivity index (χ2n) is 5.03. The van der Waals surface area contributed by atoms with Crippen LogP contribution in [0.2, 0.25) is 0 Å². The molecule has 0 radical (unpaired) electrons. The average Bonchev–Trinajstić information content (AvgIpc) is 2.37. The van der Waals surface area contributed by atoms with Crippen molar-refractivity contribution in [3.8, 4) is 0 Å². The van der Waals surface area contributed by atoms with Crippen LogP contribution in [0.25, 0.3) is 0 Å². The first-order valence-electron chi connectivity index (χ1n) is 6.50. The Labute approximate surface area is 119 Å². The maximum Gasteiger partial charge on any atom is 0.265 e. The Balaban J connectivity index is 2.68. The first kappa shape index (κ1) is 16.1. The van der Waals surface area contributed by atoms with Gasteiger partial charge in [0.15, 0.2) is 0 Å². The lowest BCUT2D eigenvalue weighted by Gasteiger charge is -2.19. The number of hydrogen-bond acceptors (Lipinski definition) is 4. The van der Waals surface area contributed by atoms with Gasteiger partial charge in [-0.25, -0.2) is 5.84 Å². The molecule has 6 heteroatoms. The molecule has 1 rings (SSSR count). The van der Waals surface area contributed by atoms with Crippen LogP contribution in [0.3, 0.4) is 0 Å². The second kappa shape index (κ2) is 7.62. The number of benzene rings is 1. The van der Waals surface area contributed by atoms with Gasteiger partial charge in [0.05, 0.1) is 6.54 Å². The van der Waals surface area contributed by atoms with Gasteiger partial charge in [-0.1, -0.05) is 18.2 Å². The molecule has 0 aliphatic rings.